The number of methoxy groups -OCH3 is 1. The largest absolute Gasteiger partial charge is 0.433 e. The maximum atomic E-state index is 13.6. The highest BCUT2D eigenvalue weighted by Gasteiger charge is 2.47. The Labute approximate surface area is 199 Å². The molecule has 10 heteroatoms. The minimum Gasteiger partial charge on any atom is -0.379 e. The second-order valence-electron chi connectivity index (χ2n) is 9.64. The van der Waals surface area contributed by atoms with Gasteiger partial charge in [-0.05, 0) is 44.2 Å². The van der Waals surface area contributed by atoms with Gasteiger partial charge in [-0.2, -0.15) is 13.2 Å². The molecule has 0 bridgehead atoms. The molecule has 0 spiro atoms. The number of ether oxygens (including phenoxy) is 2. The molecule has 190 valence electrons. The van der Waals surface area contributed by atoms with Gasteiger partial charge in [0, 0.05) is 52.0 Å². The Hall–Kier alpha value is -1.91. The van der Waals surface area contributed by atoms with Crippen molar-refractivity contribution in [3.8, 4) is 0 Å². The zero-order valence-corrected chi connectivity index (χ0v) is 19.9. The number of alkyl halides is 3. The number of rotatable bonds is 6. The van der Waals surface area contributed by atoms with Crippen LogP contribution in [-0.4, -0.2) is 80.5 Å². The number of hydrogen-bond donors (Lipinski definition) is 1. The molecule has 4 atom stereocenters. The van der Waals surface area contributed by atoms with Crippen LogP contribution in [0.1, 0.15) is 44.7 Å². The topological polar surface area (TPSA) is 66.9 Å². The van der Waals surface area contributed by atoms with Crippen molar-refractivity contribution in [3.05, 3.63) is 23.9 Å². The van der Waals surface area contributed by atoms with E-state index in [-0.39, 0.29) is 29.5 Å². The zero-order valence-electron chi connectivity index (χ0n) is 19.9. The summed E-state index contributed by atoms with van der Waals surface area (Å²) in [6, 6.07) is 4.45. The fourth-order valence-corrected chi connectivity index (χ4v) is 5.60. The van der Waals surface area contributed by atoms with Crippen molar-refractivity contribution >= 4 is 11.7 Å². The van der Waals surface area contributed by atoms with Crippen molar-refractivity contribution in [2.45, 2.75) is 63.4 Å². The SMILES string of the molecule is CC[C@]1(C(=O)N2CCN(c3cccc(C(F)(F)F)n3)CC2)CC[C@@H](NC2CCOCC2OC)C1. The normalized spacial score (nSPS) is 30.6. The van der Waals surface area contributed by atoms with Crippen molar-refractivity contribution < 1.29 is 27.4 Å². The summed E-state index contributed by atoms with van der Waals surface area (Å²) >= 11 is 0. The van der Waals surface area contributed by atoms with Gasteiger partial charge in [-0.25, -0.2) is 4.98 Å². The first-order valence-corrected chi connectivity index (χ1v) is 12.2. The van der Waals surface area contributed by atoms with Crippen LogP contribution in [0.4, 0.5) is 19.0 Å². The molecular formula is C24H35F3N4O3. The van der Waals surface area contributed by atoms with Gasteiger partial charge in [0.25, 0.3) is 0 Å². The van der Waals surface area contributed by atoms with E-state index in [2.05, 4.69) is 17.2 Å². The molecule has 0 radical (unpaired) electrons. The molecule has 1 N–H and O–H groups in total. The fraction of sp³-hybridized carbons (Fsp3) is 0.750. The molecule has 3 fully saturated rings. The Morgan fingerprint density at radius 1 is 1.26 bits per heavy atom. The van der Waals surface area contributed by atoms with Gasteiger partial charge in [0.1, 0.15) is 11.5 Å². The third kappa shape index (κ3) is 5.33. The number of anilines is 1. The summed E-state index contributed by atoms with van der Waals surface area (Å²) in [6.45, 7) is 5.30. The Kier molecular flexibility index (Phi) is 7.69. The van der Waals surface area contributed by atoms with E-state index in [9.17, 15) is 18.0 Å². The van der Waals surface area contributed by atoms with Crippen molar-refractivity contribution in [2.75, 3.05) is 51.4 Å². The maximum Gasteiger partial charge on any atom is 0.433 e. The molecule has 2 aliphatic heterocycles. The van der Waals surface area contributed by atoms with E-state index in [1.165, 1.54) is 6.07 Å². The van der Waals surface area contributed by atoms with E-state index in [1.54, 1.807) is 13.2 Å². The predicted octanol–water partition coefficient (Wildman–Crippen LogP) is 3.09. The van der Waals surface area contributed by atoms with Crippen molar-refractivity contribution in [2.24, 2.45) is 5.41 Å². The van der Waals surface area contributed by atoms with Gasteiger partial charge in [0.15, 0.2) is 0 Å². The van der Waals surface area contributed by atoms with Crippen LogP contribution in [-0.2, 0) is 20.4 Å². The van der Waals surface area contributed by atoms with Gasteiger partial charge >= 0.3 is 6.18 Å². The first kappa shape index (κ1) is 25.2. The Morgan fingerprint density at radius 3 is 2.71 bits per heavy atom. The number of aromatic nitrogens is 1. The smallest absolute Gasteiger partial charge is 0.379 e. The van der Waals surface area contributed by atoms with Gasteiger partial charge in [-0.15, -0.1) is 0 Å². The lowest BCUT2D eigenvalue weighted by Crippen LogP contribution is -2.54. The van der Waals surface area contributed by atoms with Crippen molar-refractivity contribution in [1.82, 2.24) is 15.2 Å². The van der Waals surface area contributed by atoms with E-state index in [0.717, 1.165) is 38.2 Å². The summed E-state index contributed by atoms with van der Waals surface area (Å²) < 4.78 is 50.2. The van der Waals surface area contributed by atoms with Gasteiger partial charge in [-0.3, -0.25) is 4.79 Å². The van der Waals surface area contributed by atoms with Crippen LogP contribution in [0.25, 0.3) is 0 Å². The highest BCUT2D eigenvalue weighted by Crippen LogP contribution is 2.43. The number of nitrogens with zero attached hydrogens (tertiary/aromatic N) is 3. The molecule has 1 aliphatic carbocycles. The lowest BCUT2D eigenvalue weighted by molar-refractivity contribution is -0.142. The van der Waals surface area contributed by atoms with Crippen LogP contribution in [0, 0.1) is 5.41 Å². The van der Waals surface area contributed by atoms with Gasteiger partial charge in [-0.1, -0.05) is 13.0 Å². The number of amides is 1. The molecule has 1 amide bonds. The van der Waals surface area contributed by atoms with Crippen molar-refractivity contribution in [3.63, 3.8) is 0 Å². The molecule has 1 saturated carbocycles. The molecule has 1 aromatic heterocycles. The predicted molar refractivity (Wildman–Crippen MR) is 122 cm³/mol. The van der Waals surface area contributed by atoms with E-state index in [0.29, 0.717) is 45.2 Å². The fourth-order valence-electron chi connectivity index (χ4n) is 5.60. The lowest BCUT2D eigenvalue weighted by Gasteiger charge is -2.40. The maximum absolute atomic E-state index is 13.6. The third-order valence-electron chi connectivity index (χ3n) is 7.71. The molecule has 1 aromatic rings. The number of halogens is 3. The Bertz CT molecular complexity index is 847. The van der Waals surface area contributed by atoms with Gasteiger partial charge in [0.05, 0.1) is 18.1 Å². The number of hydrogen-bond acceptors (Lipinski definition) is 6. The zero-order chi connectivity index (χ0) is 24.3. The number of carbonyl (C=O) groups excluding carboxylic acids is 1. The molecule has 4 rings (SSSR count). The minimum atomic E-state index is -4.47. The number of nitrogens with one attached hydrogen (secondary N) is 1. The van der Waals surface area contributed by atoms with Crippen LogP contribution in [0.2, 0.25) is 0 Å². The van der Waals surface area contributed by atoms with Gasteiger partial charge < -0.3 is 24.6 Å². The monoisotopic (exact) mass is 484 g/mol. The Morgan fingerprint density at radius 2 is 2.03 bits per heavy atom. The van der Waals surface area contributed by atoms with Crippen LogP contribution in [0.3, 0.4) is 0 Å². The number of carbonyl (C=O) groups is 1. The molecule has 2 unspecified atom stereocenters. The lowest BCUT2D eigenvalue weighted by atomic mass is 9.81. The standard InChI is InChI=1S/C24H35F3N4O3/c1-3-23(9-7-17(15-23)28-18-8-14-34-16-19(18)33-2)22(32)31-12-10-30(11-13-31)21-6-4-5-20(29-21)24(25,26)27/h4-6,17-19,28H,3,7-16H2,1-2H3/t17-,18?,19?,23+/m1/s1. The summed E-state index contributed by atoms with van der Waals surface area (Å²) in [4.78, 5) is 21.1. The molecule has 7 nitrogen and oxygen atoms in total. The Balaban J connectivity index is 1.35. The second-order valence-corrected chi connectivity index (χ2v) is 9.64. The van der Waals surface area contributed by atoms with E-state index in [4.69, 9.17) is 9.47 Å². The van der Waals surface area contributed by atoms with E-state index >= 15 is 0 Å². The van der Waals surface area contributed by atoms with Crippen molar-refractivity contribution in [1.29, 1.82) is 0 Å². The summed E-state index contributed by atoms with van der Waals surface area (Å²) in [7, 11) is 1.71. The highest BCUT2D eigenvalue weighted by molar-refractivity contribution is 5.83. The van der Waals surface area contributed by atoms with E-state index < -0.39 is 11.9 Å². The van der Waals surface area contributed by atoms with Crippen LogP contribution in [0.5, 0.6) is 0 Å². The van der Waals surface area contributed by atoms with E-state index in [1.807, 2.05) is 9.80 Å². The molecule has 34 heavy (non-hydrogen) atoms. The minimum absolute atomic E-state index is 0.0265. The molecule has 3 heterocycles. The van der Waals surface area contributed by atoms with Crippen LogP contribution < -0.4 is 10.2 Å². The first-order chi connectivity index (χ1) is 16.3. The number of piperazine rings is 1. The molecule has 2 saturated heterocycles. The van der Waals surface area contributed by atoms with Crippen LogP contribution >= 0.6 is 0 Å². The average Bonchev–Trinajstić information content (AvgIpc) is 3.28. The summed E-state index contributed by atoms with van der Waals surface area (Å²) in [5.74, 6) is 0.479. The van der Waals surface area contributed by atoms with Gasteiger partial charge in [0.2, 0.25) is 5.91 Å². The molecule has 3 aliphatic rings. The summed E-state index contributed by atoms with van der Waals surface area (Å²) in [5.41, 5.74) is -1.28. The summed E-state index contributed by atoms with van der Waals surface area (Å²) in [6.07, 6.45) is -0.182. The third-order valence-corrected chi connectivity index (χ3v) is 7.71. The highest BCUT2D eigenvalue weighted by atomic mass is 19.4. The summed E-state index contributed by atoms with van der Waals surface area (Å²) in [5, 5.41) is 3.73. The molecular weight excluding hydrogens is 449 g/mol. The average molecular weight is 485 g/mol. The second kappa shape index (κ2) is 10.4. The molecule has 0 aromatic carbocycles. The quantitative estimate of drug-likeness (QED) is 0.670. The first-order valence-electron chi connectivity index (χ1n) is 12.2. The van der Waals surface area contributed by atoms with Crippen LogP contribution in [0.15, 0.2) is 18.2 Å². The number of pyridine rings is 1.